The Hall–Kier alpha value is -2.64. The molecule has 0 bridgehead atoms. The lowest BCUT2D eigenvalue weighted by atomic mass is 9.98. The summed E-state index contributed by atoms with van der Waals surface area (Å²) in [5, 5.41) is 4.86. The van der Waals surface area contributed by atoms with Gasteiger partial charge in [-0.25, -0.2) is 22.3 Å². The summed E-state index contributed by atoms with van der Waals surface area (Å²) in [5.41, 5.74) is 3.03. The molecule has 2 N–H and O–H groups in total. The molecule has 3 aromatic rings. The molecule has 2 aromatic carbocycles. The maximum Gasteiger partial charge on any atom is 0.243 e. The highest BCUT2D eigenvalue weighted by molar-refractivity contribution is 7.89. The third kappa shape index (κ3) is 3.42. The van der Waals surface area contributed by atoms with Crippen LogP contribution in [-0.4, -0.2) is 13.4 Å². The van der Waals surface area contributed by atoms with E-state index in [-0.39, 0.29) is 5.56 Å². The van der Waals surface area contributed by atoms with Gasteiger partial charge in [-0.2, -0.15) is 0 Å². The van der Waals surface area contributed by atoms with Crippen LogP contribution in [0.3, 0.4) is 0 Å². The second-order valence-corrected chi connectivity index (χ2v) is 7.08. The second kappa shape index (κ2) is 6.34. The van der Waals surface area contributed by atoms with E-state index in [1.54, 1.807) is 12.1 Å². The topological polar surface area (TPSA) is 73.0 Å². The van der Waals surface area contributed by atoms with Crippen LogP contribution >= 0.6 is 0 Å². The number of benzene rings is 2. The lowest BCUT2D eigenvalue weighted by Gasteiger charge is -2.11. The zero-order chi connectivity index (χ0) is 18.2. The first kappa shape index (κ1) is 17.2. The average Bonchev–Trinajstić information content (AvgIpc) is 2.53. The zero-order valence-corrected chi connectivity index (χ0v) is 14.0. The molecule has 0 atom stereocenters. The first-order valence-electron chi connectivity index (χ1n) is 7.31. The zero-order valence-electron chi connectivity index (χ0n) is 13.2. The fraction of sp³-hybridized carbons (Fsp3) is 0.0556. The normalized spacial score (nSPS) is 11.5. The highest BCUT2D eigenvalue weighted by atomic mass is 32.2. The number of nitrogens with zero attached hydrogens (tertiary/aromatic N) is 1. The molecule has 0 aliphatic carbocycles. The van der Waals surface area contributed by atoms with Crippen molar-refractivity contribution in [1.82, 2.24) is 4.98 Å². The van der Waals surface area contributed by atoms with Crippen LogP contribution in [-0.2, 0) is 10.0 Å². The molecule has 0 aliphatic rings. The molecule has 3 rings (SSSR count). The second-order valence-electron chi connectivity index (χ2n) is 5.58. The number of rotatable bonds is 3. The Kier molecular flexibility index (Phi) is 4.36. The van der Waals surface area contributed by atoms with Gasteiger partial charge in [0.2, 0.25) is 10.0 Å². The van der Waals surface area contributed by atoms with E-state index in [0.717, 1.165) is 23.3 Å². The highest BCUT2D eigenvalue weighted by Gasteiger charge is 2.22. The fourth-order valence-electron chi connectivity index (χ4n) is 2.57. The van der Waals surface area contributed by atoms with Gasteiger partial charge in [-0.15, -0.1) is 0 Å². The van der Waals surface area contributed by atoms with E-state index in [4.69, 9.17) is 5.14 Å². The van der Waals surface area contributed by atoms with Crippen molar-refractivity contribution in [2.75, 3.05) is 0 Å². The smallest absolute Gasteiger partial charge is 0.243 e. The van der Waals surface area contributed by atoms with E-state index in [2.05, 4.69) is 4.98 Å². The first-order valence-corrected chi connectivity index (χ1v) is 8.86. The molecule has 25 heavy (non-hydrogen) atoms. The molecule has 128 valence electrons. The van der Waals surface area contributed by atoms with Crippen molar-refractivity contribution in [2.24, 2.45) is 5.14 Å². The molecular formula is C18H14F2N2O2S. The minimum absolute atomic E-state index is 0.124. The van der Waals surface area contributed by atoms with E-state index in [1.165, 1.54) is 6.20 Å². The quantitative estimate of drug-likeness (QED) is 0.775. The summed E-state index contributed by atoms with van der Waals surface area (Å²) in [6, 6.07) is 12.9. The van der Waals surface area contributed by atoms with Gasteiger partial charge in [-0.05, 0) is 30.7 Å². The fourth-order valence-corrected chi connectivity index (χ4v) is 3.23. The Balaban J connectivity index is 2.20. The first-order chi connectivity index (χ1) is 11.8. The van der Waals surface area contributed by atoms with Gasteiger partial charge < -0.3 is 0 Å². The summed E-state index contributed by atoms with van der Waals surface area (Å²) in [4.78, 5) is 3.06. The Morgan fingerprint density at radius 3 is 2.12 bits per heavy atom. The standard InChI is InChI=1S/C18H14F2N2O2S/c1-11-4-6-12(7-5-11)14-3-2-8-22-17(14)13-9-15(19)18(16(20)10-13)25(21,23)24/h2-10H,1H3,(H2,21,23,24). The van der Waals surface area contributed by atoms with Crippen LogP contribution in [0, 0.1) is 18.6 Å². The van der Waals surface area contributed by atoms with Crippen LogP contribution in [0.5, 0.6) is 0 Å². The van der Waals surface area contributed by atoms with Gasteiger partial charge in [0.05, 0.1) is 5.69 Å². The molecule has 0 fully saturated rings. The Morgan fingerprint density at radius 1 is 0.960 bits per heavy atom. The summed E-state index contributed by atoms with van der Waals surface area (Å²) in [6.07, 6.45) is 1.50. The molecule has 1 heterocycles. The molecule has 0 saturated heterocycles. The van der Waals surface area contributed by atoms with Crippen LogP contribution in [0.25, 0.3) is 22.4 Å². The number of halogens is 2. The number of hydrogen-bond donors (Lipinski definition) is 1. The molecule has 0 unspecified atom stereocenters. The molecule has 4 nitrogen and oxygen atoms in total. The van der Waals surface area contributed by atoms with Gasteiger partial charge in [0, 0.05) is 17.3 Å². The molecule has 0 aliphatic heterocycles. The average molecular weight is 360 g/mol. The van der Waals surface area contributed by atoms with Crippen molar-refractivity contribution in [3.8, 4) is 22.4 Å². The Bertz CT molecular complexity index is 1030. The van der Waals surface area contributed by atoms with Crippen molar-refractivity contribution in [3.05, 3.63) is 71.9 Å². The summed E-state index contributed by atoms with van der Waals surface area (Å²) in [6.45, 7) is 1.95. The van der Waals surface area contributed by atoms with Gasteiger partial charge in [0.1, 0.15) is 11.6 Å². The highest BCUT2D eigenvalue weighted by Crippen LogP contribution is 2.32. The maximum absolute atomic E-state index is 14.2. The number of nitrogens with two attached hydrogens (primary N) is 1. The summed E-state index contributed by atoms with van der Waals surface area (Å²) >= 11 is 0. The summed E-state index contributed by atoms with van der Waals surface area (Å²) in [7, 11) is -4.50. The predicted octanol–water partition coefficient (Wildman–Crippen LogP) is 3.65. The lowest BCUT2D eigenvalue weighted by molar-refractivity contribution is 0.520. The lowest BCUT2D eigenvalue weighted by Crippen LogP contribution is -2.16. The van der Waals surface area contributed by atoms with Gasteiger partial charge in [0.25, 0.3) is 0 Å². The molecule has 0 spiro atoms. The van der Waals surface area contributed by atoms with Crippen LogP contribution in [0.1, 0.15) is 5.56 Å². The van der Waals surface area contributed by atoms with Crippen molar-refractivity contribution < 1.29 is 17.2 Å². The Labute approximate surface area is 144 Å². The number of primary sulfonamides is 1. The van der Waals surface area contributed by atoms with Crippen LogP contribution in [0.15, 0.2) is 59.6 Å². The van der Waals surface area contributed by atoms with Gasteiger partial charge in [-0.3, -0.25) is 4.98 Å². The number of aromatic nitrogens is 1. The Morgan fingerprint density at radius 2 is 1.56 bits per heavy atom. The van der Waals surface area contributed by atoms with Gasteiger partial charge in [0.15, 0.2) is 4.90 Å². The minimum Gasteiger partial charge on any atom is -0.256 e. The van der Waals surface area contributed by atoms with E-state index < -0.39 is 26.6 Å². The van der Waals surface area contributed by atoms with E-state index >= 15 is 0 Å². The monoisotopic (exact) mass is 360 g/mol. The SMILES string of the molecule is Cc1ccc(-c2cccnc2-c2cc(F)c(S(N)(=O)=O)c(F)c2)cc1. The molecule has 0 saturated carbocycles. The third-order valence-corrected chi connectivity index (χ3v) is 4.69. The van der Waals surface area contributed by atoms with Crippen molar-refractivity contribution in [2.45, 2.75) is 11.8 Å². The number of sulfonamides is 1. The molecule has 0 radical (unpaired) electrons. The molecule has 7 heteroatoms. The van der Waals surface area contributed by atoms with Crippen LogP contribution < -0.4 is 5.14 Å². The molecule has 1 aromatic heterocycles. The maximum atomic E-state index is 14.2. The van der Waals surface area contributed by atoms with Gasteiger partial charge in [-0.1, -0.05) is 35.9 Å². The van der Waals surface area contributed by atoms with Gasteiger partial charge >= 0.3 is 0 Å². The third-order valence-electron chi connectivity index (χ3n) is 3.73. The predicted molar refractivity (Wildman–Crippen MR) is 91.1 cm³/mol. The number of aryl methyl sites for hydroxylation is 1. The van der Waals surface area contributed by atoms with Crippen molar-refractivity contribution >= 4 is 10.0 Å². The van der Waals surface area contributed by atoms with Crippen LogP contribution in [0.2, 0.25) is 0 Å². The van der Waals surface area contributed by atoms with E-state index in [9.17, 15) is 17.2 Å². The molecular weight excluding hydrogens is 346 g/mol. The van der Waals surface area contributed by atoms with Crippen molar-refractivity contribution in [1.29, 1.82) is 0 Å². The summed E-state index contributed by atoms with van der Waals surface area (Å²) in [5.74, 6) is -2.50. The number of hydrogen-bond acceptors (Lipinski definition) is 3. The summed E-state index contributed by atoms with van der Waals surface area (Å²) < 4.78 is 51.0. The number of pyridine rings is 1. The molecule has 0 amide bonds. The minimum atomic E-state index is -4.50. The largest absolute Gasteiger partial charge is 0.256 e. The van der Waals surface area contributed by atoms with Crippen molar-refractivity contribution in [3.63, 3.8) is 0 Å². The van der Waals surface area contributed by atoms with E-state index in [0.29, 0.717) is 11.3 Å². The van der Waals surface area contributed by atoms with E-state index in [1.807, 2.05) is 31.2 Å². The van der Waals surface area contributed by atoms with Crippen LogP contribution in [0.4, 0.5) is 8.78 Å².